The highest BCUT2D eigenvalue weighted by molar-refractivity contribution is 5.93. The minimum atomic E-state index is -0.253. The number of hydrogen-bond acceptors (Lipinski definition) is 8. The van der Waals surface area contributed by atoms with E-state index in [0.717, 1.165) is 28.0 Å². The van der Waals surface area contributed by atoms with Gasteiger partial charge in [-0.3, -0.25) is 14.8 Å². The zero-order chi connectivity index (χ0) is 27.2. The summed E-state index contributed by atoms with van der Waals surface area (Å²) in [5, 5.41) is 6.19. The molecule has 4 rings (SSSR count). The van der Waals surface area contributed by atoms with Crippen LogP contribution in [0, 0.1) is 0 Å². The average molecular weight is 515 g/mol. The van der Waals surface area contributed by atoms with Crippen LogP contribution in [-0.4, -0.2) is 60.8 Å². The minimum absolute atomic E-state index is 0.195. The van der Waals surface area contributed by atoms with Gasteiger partial charge >= 0.3 is 0 Å². The Morgan fingerprint density at radius 3 is 2.32 bits per heavy atom. The standard InChI is InChI=1S/C29H34N6O3/c1-18(2)33-19(3)17-35(22-12-23(37-5)15-24(13-22)38-6)21-7-8-25-26(14-21)34-28(16-32-25)20-9-10-31-27(11-20)29(36)30-4/h7-16,18-19,33H,17H2,1-6H3,(H,30,36). The van der Waals surface area contributed by atoms with E-state index in [1.54, 1.807) is 39.7 Å². The molecule has 0 aliphatic heterocycles. The van der Waals surface area contributed by atoms with Crippen LogP contribution in [0.3, 0.4) is 0 Å². The van der Waals surface area contributed by atoms with E-state index in [4.69, 9.17) is 14.5 Å². The van der Waals surface area contributed by atoms with E-state index in [1.807, 2.05) is 42.5 Å². The van der Waals surface area contributed by atoms with Crippen molar-refractivity contribution in [2.75, 3.05) is 32.7 Å². The highest BCUT2D eigenvalue weighted by Gasteiger charge is 2.18. The number of anilines is 2. The lowest BCUT2D eigenvalue weighted by molar-refractivity contribution is 0.0958. The molecule has 9 heteroatoms. The molecule has 0 aliphatic rings. The molecule has 4 aromatic rings. The van der Waals surface area contributed by atoms with Gasteiger partial charge in [0.05, 0.1) is 37.1 Å². The Bertz CT molecular complexity index is 1400. The SMILES string of the molecule is CNC(=O)c1cc(-c2cnc3ccc(N(CC(C)NC(C)C)c4cc(OC)cc(OC)c4)cc3n2)ccn1. The van der Waals surface area contributed by atoms with Crippen molar-refractivity contribution in [3.8, 4) is 22.8 Å². The first kappa shape index (κ1) is 26.8. The van der Waals surface area contributed by atoms with Crippen LogP contribution < -0.4 is 25.0 Å². The molecule has 0 spiro atoms. The van der Waals surface area contributed by atoms with Crippen LogP contribution in [0.1, 0.15) is 31.3 Å². The zero-order valence-electron chi connectivity index (χ0n) is 22.6. The predicted octanol–water partition coefficient (Wildman–Crippen LogP) is 4.59. The summed E-state index contributed by atoms with van der Waals surface area (Å²) in [4.78, 5) is 28.0. The van der Waals surface area contributed by atoms with E-state index < -0.39 is 0 Å². The van der Waals surface area contributed by atoms with E-state index in [0.29, 0.717) is 35.5 Å². The van der Waals surface area contributed by atoms with Crippen molar-refractivity contribution >= 4 is 28.3 Å². The quantitative estimate of drug-likeness (QED) is 0.317. The third-order valence-electron chi connectivity index (χ3n) is 6.08. The van der Waals surface area contributed by atoms with Crippen LogP contribution >= 0.6 is 0 Å². The molecular formula is C29H34N6O3. The number of ether oxygens (including phenoxy) is 2. The van der Waals surface area contributed by atoms with Gasteiger partial charge in [0, 0.05) is 67.0 Å². The predicted molar refractivity (Wildman–Crippen MR) is 150 cm³/mol. The Kier molecular flexibility index (Phi) is 8.38. The first-order valence-electron chi connectivity index (χ1n) is 12.5. The lowest BCUT2D eigenvalue weighted by Crippen LogP contribution is -2.40. The molecule has 0 aliphatic carbocycles. The fourth-order valence-electron chi connectivity index (χ4n) is 4.35. The molecule has 0 radical (unpaired) electrons. The summed E-state index contributed by atoms with van der Waals surface area (Å²) in [5.74, 6) is 1.17. The van der Waals surface area contributed by atoms with Crippen LogP contribution in [0.2, 0.25) is 0 Å². The molecule has 9 nitrogen and oxygen atoms in total. The van der Waals surface area contributed by atoms with Crippen molar-refractivity contribution in [3.05, 3.63) is 66.6 Å². The fraction of sp³-hybridized carbons (Fsp3) is 0.310. The van der Waals surface area contributed by atoms with Gasteiger partial charge in [-0.2, -0.15) is 0 Å². The van der Waals surface area contributed by atoms with E-state index in [1.165, 1.54) is 0 Å². The summed E-state index contributed by atoms with van der Waals surface area (Å²) in [7, 11) is 4.87. The number of pyridine rings is 1. The number of fused-ring (bicyclic) bond motifs is 1. The number of nitrogens with one attached hydrogen (secondary N) is 2. The largest absolute Gasteiger partial charge is 0.497 e. The topological polar surface area (TPSA) is 102 Å². The maximum absolute atomic E-state index is 12.1. The maximum atomic E-state index is 12.1. The number of benzene rings is 2. The molecule has 0 saturated heterocycles. The fourth-order valence-corrected chi connectivity index (χ4v) is 4.35. The third kappa shape index (κ3) is 6.18. The van der Waals surface area contributed by atoms with Gasteiger partial charge in [-0.15, -0.1) is 0 Å². The highest BCUT2D eigenvalue weighted by atomic mass is 16.5. The Morgan fingerprint density at radius 1 is 0.921 bits per heavy atom. The highest BCUT2D eigenvalue weighted by Crippen LogP contribution is 2.34. The molecule has 0 fully saturated rings. The third-order valence-corrected chi connectivity index (χ3v) is 6.08. The number of nitrogens with zero attached hydrogens (tertiary/aromatic N) is 4. The van der Waals surface area contributed by atoms with Crippen LogP contribution in [0.25, 0.3) is 22.3 Å². The Morgan fingerprint density at radius 2 is 1.66 bits per heavy atom. The van der Waals surface area contributed by atoms with Gasteiger partial charge in [0.15, 0.2) is 0 Å². The molecule has 2 aromatic carbocycles. The van der Waals surface area contributed by atoms with Crippen LogP contribution in [0.15, 0.2) is 60.9 Å². The smallest absolute Gasteiger partial charge is 0.269 e. The number of hydrogen-bond donors (Lipinski definition) is 2. The second-order valence-corrected chi connectivity index (χ2v) is 9.34. The van der Waals surface area contributed by atoms with Crippen molar-refractivity contribution in [1.29, 1.82) is 0 Å². The van der Waals surface area contributed by atoms with Crippen LogP contribution in [0.5, 0.6) is 11.5 Å². The van der Waals surface area contributed by atoms with Gasteiger partial charge in [-0.1, -0.05) is 13.8 Å². The van der Waals surface area contributed by atoms with Crippen molar-refractivity contribution < 1.29 is 14.3 Å². The van der Waals surface area contributed by atoms with E-state index in [9.17, 15) is 4.79 Å². The Hall–Kier alpha value is -4.24. The molecule has 1 amide bonds. The monoisotopic (exact) mass is 514 g/mol. The number of aromatic nitrogens is 3. The summed E-state index contributed by atoms with van der Waals surface area (Å²) in [6.07, 6.45) is 3.31. The maximum Gasteiger partial charge on any atom is 0.269 e. The summed E-state index contributed by atoms with van der Waals surface area (Å²) in [5.41, 5.74) is 5.15. The van der Waals surface area contributed by atoms with E-state index >= 15 is 0 Å². The molecule has 1 unspecified atom stereocenters. The van der Waals surface area contributed by atoms with Gasteiger partial charge < -0.3 is 25.0 Å². The molecule has 0 bridgehead atoms. The summed E-state index contributed by atoms with van der Waals surface area (Å²) in [6, 6.07) is 16.0. The zero-order valence-corrected chi connectivity index (χ0v) is 22.6. The lowest BCUT2D eigenvalue weighted by Gasteiger charge is -2.30. The Balaban J connectivity index is 1.78. The van der Waals surface area contributed by atoms with Gasteiger partial charge in [-0.25, -0.2) is 4.98 Å². The van der Waals surface area contributed by atoms with Crippen LogP contribution in [0.4, 0.5) is 11.4 Å². The first-order valence-corrected chi connectivity index (χ1v) is 12.5. The number of carbonyl (C=O) groups is 1. The average Bonchev–Trinajstić information content (AvgIpc) is 2.94. The van der Waals surface area contributed by atoms with Gasteiger partial charge in [0.2, 0.25) is 0 Å². The number of carbonyl (C=O) groups excluding carboxylic acids is 1. The molecule has 198 valence electrons. The second-order valence-electron chi connectivity index (χ2n) is 9.34. The molecule has 1 atom stereocenters. The Labute approximate surface area is 223 Å². The van der Waals surface area contributed by atoms with E-state index in [-0.39, 0.29) is 11.9 Å². The summed E-state index contributed by atoms with van der Waals surface area (Å²) >= 11 is 0. The molecule has 38 heavy (non-hydrogen) atoms. The molecule has 0 saturated carbocycles. The van der Waals surface area contributed by atoms with Crippen molar-refractivity contribution in [3.63, 3.8) is 0 Å². The molecular weight excluding hydrogens is 480 g/mol. The first-order chi connectivity index (χ1) is 18.3. The van der Waals surface area contributed by atoms with E-state index in [2.05, 4.69) is 46.3 Å². The number of rotatable bonds is 10. The second kappa shape index (κ2) is 11.9. The normalized spacial score (nSPS) is 11.9. The van der Waals surface area contributed by atoms with Gasteiger partial charge in [-0.05, 0) is 37.3 Å². The number of amides is 1. The van der Waals surface area contributed by atoms with Crippen LogP contribution in [-0.2, 0) is 0 Å². The van der Waals surface area contributed by atoms with Gasteiger partial charge in [0.1, 0.15) is 17.2 Å². The molecule has 2 aromatic heterocycles. The lowest BCUT2D eigenvalue weighted by atomic mass is 10.1. The van der Waals surface area contributed by atoms with Crippen molar-refractivity contribution in [2.45, 2.75) is 32.9 Å². The summed E-state index contributed by atoms with van der Waals surface area (Å²) < 4.78 is 11.1. The number of methoxy groups -OCH3 is 2. The molecule has 2 N–H and O–H groups in total. The van der Waals surface area contributed by atoms with Gasteiger partial charge in [0.25, 0.3) is 5.91 Å². The summed E-state index contributed by atoms with van der Waals surface area (Å²) in [6.45, 7) is 7.14. The molecule has 2 heterocycles. The minimum Gasteiger partial charge on any atom is -0.497 e. The van der Waals surface area contributed by atoms with Crippen molar-refractivity contribution in [2.24, 2.45) is 0 Å². The van der Waals surface area contributed by atoms with Crippen molar-refractivity contribution in [1.82, 2.24) is 25.6 Å².